The van der Waals surface area contributed by atoms with Crippen LogP contribution >= 0.6 is 0 Å². The van der Waals surface area contributed by atoms with Crippen LogP contribution in [0.25, 0.3) is 0 Å². The van der Waals surface area contributed by atoms with Gasteiger partial charge in [0.1, 0.15) is 0 Å². The molecule has 0 aliphatic heterocycles. The molecule has 1 aromatic carbocycles. The summed E-state index contributed by atoms with van der Waals surface area (Å²) >= 11 is 0. The maximum absolute atomic E-state index is 11.9. The van der Waals surface area contributed by atoms with E-state index in [0.29, 0.717) is 0 Å². The summed E-state index contributed by atoms with van der Waals surface area (Å²) in [6, 6.07) is 8.26. The second-order valence-corrected chi connectivity index (χ2v) is 5.19. The molecule has 0 spiro atoms. The van der Waals surface area contributed by atoms with Gasteiger partial charge in [0, 0.05) is 18.0 Å². The maximum atomic E-state index is 11.9. The normalized spacial score (nSPS) is 15.8. The van der Waals surface area contributed by atoms with Gasteiger partial charge in [0.2, 0.25) is 5.91 Å². The van der Waals surface area contributed by atoms with Crippen LogP contribution in [-0.4, -0.2) is 18.0 Å². The zero-order valence-electron chi connectivity index (χ0n) is 11.7. The Morgan fingerprint density at radius 1 is 1.28 bits per heavy atom. The third-order valence-electron chi connectivity index (χ3n) is 3.38. The van der Waals surface area contributed by atoms with Crippen molar-refractivity contribution in [3.63, 3.8) is 0 Å². The fourth-order valence-corrected chi connectivity index (χ4v) is 1.83. The van der Waals surface area contributed by atoms with Gasteiger partial charge in [0.15, 0.2) is 0 Å². The number of aryl methyl sites for hydroxylation is 1. The van der Waals surface area contributed by atoms with Gasteiger partial charge in [0.25, 0.3) is 0 Å². The first kappa shape index (κ1) is 14.7. The topological polar surface area (TPSA) is 55.1 Å². The molecule has 0 saturated carbocycles. The molecule has 0 saturated heterocycles. The van der Waals surface area contributed by atoms with Crippen LogP contribution in [0.2, 0.25) is 0 Å². The fourth-order valence-electron chi connectivity index (χ4n) is 1.83. The van der Waals surface area contributed by atoms with Crippen molar-refractivity contribution in [2.45, 2.75) is 46.2 Å². The molecule has 3 atom stereocenters. The highest BCUT2D eigenvalue weighted by Gasteiger charge is 2.18. The molecule has 0 aliphatic rings. The van der Waals surface area contributed by atoms with Crippen molar-refractivity contribution < 1.29 is 4.79 Å². The van der Waals surface area contributed by atoms with E-state index < -0.39 is 0 Å². The molecule has 1 rings (SSSR count). The average Bonchev–Trinajstić information content (AvgIpc) is 2.30. The van der Waals surface area contributed by atoms with Crippen LogP contribution < -0.4 is 11.1 Å². The Labute approximate surface area is 110 Å². The summed E-state index contributed by atoms with van der Waals surface area (Å²) in [6.07, 6.45) is 0.851. The van der Waals surface area contributed by atoms with E-state index in [2.05, 4.69) is 24.4 Å². The standard InChI is InChI=1S/C15H24N2O/c1-10-7-5-6-8-14(10)9-11(2)17-15(18)12(3)13(4)16/h5-8,11-13H,9,16H2,1-4H3,(H,17,18). The number of carbonyl (C=O) groups excluding carboxylic acids is 1. The molecule has 3 nitrogen and oxygen atoms in total. The number of benzene rings is 1. The molecule has 3 unspecified atom stereocenters. The van der Waals surface area contributed by atoms with Crippen LogP contribution in [0.1, 0.15) is 31.9 Å². The summed E-state index contributed by atoms with van der Waals surface area (Å²) in [5.74, 6) is -0.115. The summed E-state index contributed by atoms with van der Waals surface area (Å²) in [4.78, 5) is 11.9. The quantitative estimate of drug-likeness (QED) is 0.837. The highest BCUT2D eigenvalue weighted by atomic mass is 16.1. The van der Waals surface area contributed by atoms with Gasteiger partial charge in [0.05, 0.1) is 0 Å². The number of hydrogen-bond donors (Lipinski definition) is 2. The van der Waals surface area contributed by atoms with Crippen LogP contribution in [0.5, 0.6) is 0 Å². The molecule has 0 bridgehead atoms. The Balaban J connectivity index is 2.55. The minimum atomic E-state index is -0.149. The zero-order chi connectivity index (χ0) is 13.7. The number of carbonyl (C=O) groups is 1. The fraction of sp³-hybridized carbons (Fsp3) is 0.533. The molecule has 0 aromatic heterocycles. The van der Waals surface area contributed by atoms with E-state index in [1.54, 1.807) is 0 Å². The van der Waals surface area contributed by atoms with E-state index in [9.17, 15) is 4.79 Å². The highest BCUT2D eigenvalue weighted by molar-refractivity contribution is 5.79. The molecule has 3 N–H and O–H groups in total. The first-order chi connectivity index (χ1) is 8.41. The Morgan fingerprint density at radius 3 is 2.44 bits per heavy atom. The molecule has 100 valence electrons. The number of nitrogens with two attached hydrogens (primary N) is 1. The molecule has 0 radical (unpaired) electrons. The smallest absolute Gasteiger partial charge is 0.224 e. The van der Waals surface area contributed by atoms with Crippen LogP contribution in [0.15, 0.2) is 24.3 Å². The molecular weight excluding hydrogens is 224 g/mol. The largest absolute Gasteiger partial charge is 0.353 e. The van der Waals surface area contributed by atoms with Crippen molar-refractivity contribution in [2.75, 3.05) is 0 Å². The van der Waals surface area contributed by atoms with E-state index >= 15 is 0 Å². The van der Waals surface area contributed by atoms with Crippen molar-refractivity contribution in [2.24, 2.45) is 11.7 Å². The lowest BCUT2D eigenvalue weighted by Gasteiger charge is -2.20. The molecule has 0 heterocycles. The van der Waals surface area contributed by atoms with Crippen molar-refractivity contribution in [3.05, 3.63) is 35.4 Å². The minimum Gasteiger partial charge on any atom is -0.353 e. The van der Waals surface area contributed by atoms with Gasteiger partial charge in [-0.3, -0.25) is 4.79 Å². The second-order valence-electron chi connectivity index (χ2n) is 5.19. The summed E-state index contributed by atoms with van der Waals surface area (Å²) in [5.41, 5.74) is 8.27. The summed E-state index contributed by atoms with van der Waals surface area (Å²) in [5, 5.41) is 3.02. The lowest BCUT2D eigenvalue weighted by atomic mass is 10.00. The van der Waals surface area contributed by atoms with E-state index in [-0.39, 0.29) is 23.9 Å². The predicted molar refractivity (Wildman–Crippen MR) is 75.3 cm³/mol. The van der Waals surface area contributed by atoms with E-state index in [1.165, 1.54) is 11.1 Å². The molecule has 3 heteroatoms. The van der Waals surface area contributed by atoms with E-state index in [1.807, 2.05) is 32.9 Å². The third kappa shape index (κ3) is 4.15. The van der Waals surface area contributed by atoms with Crippen LogP contribution in [-0.2, 0) is 11.2 Å². The van der Waals surface area contributed by atoms with Crippen molar-refractivity contribution in [3.8, 4) is 0 Å². The highest BCUT2D eigenvalue weighted by Crippen LogP contribution is 2.10. The number of rotatable bonds is 5. The molecule has 18 heavy (non-hydrogen) atoms. The maximum Gasteiger partial charge on any atom is 0.224 e. The summed E-state index contributed by atoms with van der Waals surface area (Å²) < 4.78 is 0. The van der Waals surface area contributed by atoms with Crippen molar-refractivity contribution in [1.82, 2.24) is 5.32 Å². The molecule has 1 aromatic rings. The van der Waals surface area contributed by atoms with Crippen LogP contribution in [0.3, 0.4) is 0 Å². The SMILES string of the molecule is Cc1ccccc1CC(C)NC(=O)C(C)C(C)N. The number of amides is 1. The third-order valence-corrected chi connectivity index (χ3v) is 3.38. The zero-order valence-corrected chi connectivity index (χ0v) is 11.7. The van der Waals surface area contributed by atoms with Gasteiger partial charge in [-0.15, -0.1) is 0 Å². The Hall–Kier alpha value is -1.35. The first-order valence-corrected chi connectivity index (χ1v) is 6.52. The number of nitrogens with one attached hydrogen (secondary N) is 1. The predicted octanol–water partition coefficient (Wildman–Crippen LogP) is 2.03. The summed E-state index contributed by atoms with van der Waals surface area (Å²) in [7, 11) is 0. The first-order valence-electron chi connectivity index (χ1n) is 6.52. The average molecular weight is 248 g/mol. The van der Waals surface area contributed by atoms with Gasteiger partial charge < -0.3 is 11.1 Å². The van der Waals surface area contributed by atoms with Crippen LogP contribution in [0.4, 0.5) is 0 Å². The van der Waals surface area contributed by atoms with E-state index in [0.717, 1.165) is 6.42 Å². The Kier molecular flexibility index (Phi) is 5.35. The van der Waals surface area contributed by atoms with Crippen molar-refractivity contribution in [1.29, 1.82) is 0 Å². The van der Waals surface area contributed by atoms with Gasteiger partial charge in [-0.05, 0) is 38.3 Å². The Bertz CT molecular complexity index is 401. The molecular formula is C15H24N2O. The Morgan fingerprint density at radius 2 is 1.89 bits per heavy atom. The molecule has 0 fully saturated rings. The van der Waals surface area contributed by atoms with Gasteiger partial charge in [-0.25, -0.2) is 0 Å². The number of hydrogen-bond acceptors (Lipinski definition) is 2. The lowest BCUT2D eigenvalue weighted by Crippen LogP contribution is -2.43. The molecule has 1 amide bonds. The second kappa shape index (κ2) is 6.55. The minimum absolute atomic E-state index is 0.0334. The van der Waals surface area contributed by atoms with Crippen LogP contribution in [0, 0.1) is 12.8 Å². The monoisotopic (exact) mass is 248 g/mol. The van der Waals surface area contributed by atoms with Gasteiger partial charge in [-0.2, -0.15) is 0 Å². The molecule has 0 aliphatic carbocycles. The van der Waals surface area contributed by atoms with E-state index in [4.69, 9.17) is 5.73 Å². The van der Waals surface area contributed by atoms with Gasteiger partial charge in [-0.1, -0.05) is 31.2 Å². The summed E-state index contributed by atoms with van der Waals surface area (Å²) in [6.45, 7) is 7.84. The van der Waals surface area contributed by atoms with Gasteiger partial charge >= 0.3 is 0 Å². The van der Waals surface area contributed by atoms with Crippen molar-refractivity contribution >= 4 is 5.91 Å². The lowest BCUT2D eigenvalue weighted by molar-refractivity contribution is -0.125.